The number of hydrogen-bond acceptors (Lipinski definition) is 3. The van der Waals surface area contributed by atoms with Crippen molar-refractivity contribution < 1.29 is 14.7 Å². The van der Waals surface area contributed by atoms with Crippen molar-refractivity contribution in [3.8, 4) is 0 Å². The first-order chi connectivity index (χ1) is 13.6. The van der Waals surface area contributed by atoms with Crippen LogP contribution < -0.4 is 0 Å². The standard InChI is InChI=1S/C22H31N3O3/c26-21(24-11-5-10-23(12-13-24)19-8-4-9-19)20-15-18(16-25(20)22(27)28)14-17-6-2-1-3-7-17/h1-3,6-7,18-20H,4-5,8-16H2,(H,27,28)/t18-,20+/m1/s1. The summed E-state index contributed by atoms with van der Waals surface area (Å²) in [7, 11) is 0. The molecule has 2 aliphatic heterocycles. The predicted octanol–water partition coefficient (Wildman–Crippen LogP) is 2.68. The minimum Gasteiger partial charge on any atom is -0.465 e. The van der Waals surface area contributed by atoms with Crippen molar-refractivity contribution in [1.82, 2.24) is 14.7 Å². The fourth-order valence-electron chi connectivity index (χ4n) is 4.95. The van der Waals surface area contributed by atoms with Crippen molar-refractivity contribution in [2.45, 2.75) is 50.6 Å². The molecular weight excluding hydrogens is 354 g/mol. The smallest absolute Gasteiger partial charge is 0.407 e. The summed E-state index contributed by atoms with van der Waals surface area (Å²) in [6.45, 7) is 3.89. The van der Waals surface area contributed by atoms with Gasteiger partial charge in [0.1, 0.15) is 6.04 Å². The molecule has 0 unspecified atom stereocenters. The van der Waals surface area contributed by atoms with Crippen molar-refractivity contribution in [3.05, 3.63) is 35.9 Å². The fourth-order valence-corrected chi connectivity index (χ4v) is 4.95. The zero-order valence-electron chi connectivity index (χ0n) is 16.5. The average molecular weight is 386 g/mol. The van der Waals surface area contributed by atoms with Crippen LogP contribution in [0.25, 0.3) is 0 Å². The molecule has 0 radical (unpaired) electrons. The van der Waals surface area contributed by atoms with Gasteiger partial charge in [-0.05, 0) is 43.6 Å². The highest BCUT2D eigenvalue weighted by molar-refractivity contribution is 5.86. The van der Waals surface area contributed by atoms with Crippen LogP contribution in [0.2, 0.25) is 0 Å². The van der Waals surface area contributed by atoms with Gasteiger partial charge in [0, 0.05) is 38.8 Å². The number of hydrogen-bond donors (Lipinski definition) is 1. The summed E-state index contributed by atoms with van der Waals surface area (Å²) in [5.41, 5.74) is 1.21. The van der Waals surface area contributed by atoms with Gasteiger partial charge in [-0.15, -0.1) is 0 Å². The largest absolute Gasteiger partial charge is 0.465 e. The molecule has 28 heavy (non-hydrogen) atoms. The Labute approximate surface area is 167 Å². The summed E-state index contributed by atoms with van der Waals surface area (Å²) >= 11 is 0. The number of likely N-dealkylation sites (tertiary alicyclic amines) is 1. The molecule has 1 aliphatic carbocycles. The molecule has 1 saturated carbocycles. The third kappa shape index (κ3) is 4.17. The molecule has 6 nitrogen and oxygen atoms in total. The first-order valence-electron chi connectivity index (χ1n) is 10.7. The predicted molar refractivity (Wildman–Crippen MR) is 107 cm³/mol. The van der Waals surface area contributed by atoms with E-state index >= 15 is 0 Å². The Morgan fingerprint density at radius 2 is 1.79 bits per heavy atom. The molecule has 0 aromatic heterocycles. The number of carbonyl (C=O) groups excluding carboxylic acids is 1. The summed E-state index contributed by atoms with van der Waals surface area (Å²) in [4.78, 5) is 30.9. The molecule has 2 heterocycles. The van der Waals surface area contributed by atoms with Crippen LogP contribution in [0.4, 0.5) is 4.79 Å². The van der Waals surface area contributed by atoms with Gasteiger partial charge in [-0.2, -0.15) is 0 Å². The second-order valence-electron chi connectivity index (χ2n) is 8.54. The van der Waals surface area contributed by atoms with Gasteiger partial charge in [-0.3, -0.25) is 14.6 Å². The lowest BCUT2D eigenvalue weighted by Gasteiger charge is -2.36. The van der Waals surface area contributed by atoms with Crippen molar-refractivity contribution in [1.29, 1.82) is 0 Å². The van der Waals surface area contributed by atoms with Gasteiger partial charge < -0.3 is 10.0 Å². The highest BCUT2D eigenvalue weighted by Crippen LogP contribution is 2.29. The Balaban J connectivity index is 1.39. The SMILES string of the molecule is O=C([C@@H]1C[C@@H](Cc2ccccc2)CN1C(=O)O)N1CCCN(C2CCC2)CC1. The van der Waals surface area contributed by atoms with Crippen LogP contribution in [0.1, 0.15) is 37.7 Å². The molecular formula is C22H31N3O3. The third-order valence-electron chi connectivity index (χ3n) is 6.72. The Morgan fingerprint density at radius 1 is 1.00 bits per heavy atom. The third-order valence-corrected chi connectivity index (χ3v) is 6.72. The number of benzene rings is 1. The molecule has 2 saturated heterocycles. The fraction of sp³-hybridized carbons (Fsp3) is 0.636. The van der Waals surface area contributed by atoms with E-state index < -0.39 is 12.1 Å². The van der Waals surface area contributed by atoms with Crippen molar-refractivity contribution in [3.63, 3.8) is 0 Å². The molecule has 0 bridgehead atoms. The van der Waals surface area contributed by atoms with Gasteiger partial charge in [0.15, 0.2) is 0 Å². The quantitative estimate of drug-likeness (QED) is 0.866. The molecule has 1 aromatic carbocycles. The van der Waals surface area contributed by atoms with Crippen LogP contribution in [-0.2, 0) is 11.2 Å². The van der Waals surface area contributed by atoms with E-state index in [1.54, 1.807) is 0 Å². The van der Waals surface area contributed by atoms with Crippen LogP contribution in [0, 0.1) is 5.92 Å². The van der Waals surface area contributed by atoms with Crippen LogP contribution in [-0.4, -0.2) is 76.6 Å². The first kappa shape index (κ1) is 19.2. The van der Waals surface area contributed by atoms with E-state index in [4.69, 9.17) is 0 Å². The zero-order chi connectivity index (χ0) is 19.5. The topological polar surface area (TPSA) is 64.1 Å². The monoisotopic (exact) mass is 385 g/mol. The summed E-state index contributed by atoms with van der Waals surface area (Å²) in [6.07, 6.45) is 5.35. The Bertz CT molecular complexity index is 692. The summed E-state index contributed by atoms with van der Waals surface area (Å²) in [5.74, 6) is 0.208. The summed E-state index contributed by atoms with van der Waals surface area (Å²) in [5, 5.41) is 9.67. The molecule has 0 spiro atoms. The van der Waals surface area contributed by atoms with Gasteiger partial charge in [0.25, 0.3) is 0 Å². The Hall–Kier alpha value is -2.08. The van der Waals surface area contributed by atoms with Crippen LogP contribution in [0.15, 0.2) is 30.3 Å². The molecule has 4 rings (SSSR count). The van der Waals surface area contributed by atoms with E-state index in [1.165, 1.54) is 29.7 Å². The lowest BCUT2D eigenvalue weighted by atomic mass is 9.91. The number of nitrogens with zero attached hydrogens (tertiary/aromatic N) is 3. The van der Waals surface area contributed by atoms with Crippen molar-refractivity contribution >= 4 is 12.0 Å². The summed E-state index contributed by atoms with van der Waals surface area (Å²) < 4.78 is 0. The number of carboxylic acid groups (broad SMARTS) is 1. The van der Waals surface area contributed by atoms with Gasteiger partial charge in [0.05, 0.1) is 0 Å². The maximum atomic E-state index is 13.2. The number of amides is 2. The van der Waals surface area contributed by atoms with Gasteiger partial charge in [-0.25, -0.2) is 4.79 Å². The molecule has 2 atom stereocenters. The minimum absolute atomic E-state index is 0.00780. The Morgan fingerprint density at radius 3 is 2.46 bits per heavy atom. The van der Waals surface area contributed by atoms with E-state index in [0.29, 0.717) is 19.0 Å². The van der Waals surface area contributed by atoms with Gasteiger partial charge >= 0.3 is 6.09 Å². The van der Waals surface area contributed by atoms with Crippen LogP contribution in [0.5, 0.6) is 0 Å². The zero-order valence-corrected chi connectivity index (χ0v) is 16.5. The molecule has 1 N–H and O–H groups in total. The highest BCUT2D eigenvalue weighted by Gasteiger charge is 2.41. The second kappa shape index (κ2) is 8.52. The van der Waals surface area contributed by atoms with E-state index in [2.05, 4.69) is 17.0 Å². The van der Waals surface area contributed by atoms with Crippen molar-refractivity contribution in [2.75, 3.05) is 32.7 Å². The molecule has 2 amide bonds. The van der Waals surface area contributed by atoms with Gasteiger partial charge in [0.2, 0.25) is 5.91 Å². The summed E-state index contributed by atoms with van der Waals surface area (Å²) in [6, 6.07) is 10.3. The normalized spacial score (nSPS) is 26.7. The molecule has 6 heteroatoms. The minimum atomic E-state index is -0.972. The highest BCUT2D eigenvalue weighted by atomic mass is 16.4. The second-order valence-corrected chi connectivity index (χ2v) is 8.54. The molecule has 3 aliphatic rings. The average Bonchev–Trinajstić information content (AvgIpc) is 2.92. The lowest BCUT2D eigenvalue weighted by molar-refractivity contribution is -0.135. The maximum Gasteiger partial charge on any atom is 0.407 e. The van der Waals surface area contributed by atoms with Crippen molar-refractivity contribution in [2.24, 2.45) is 5.92 Å². The van der Waals surface area contributed by atoms with Gasteiger partial charge in [-0.1, -0.05) is 36.8 Å². The molecule has 1 aromatic rings. The van der Waals surface area contributed by atoms with Crippen LogP contribution in [0.3, 0.4) is 0 Å². The molecule has 3 fully saturated rings. The molecule has 152 valence electrons. The Kier molecular flexibility index (Phi) is 5.85. The number of carbonyl (C=O) groups is 2. The van der Waals surface area contributed by atoms with Crippen LogP contribution >= 0.6 is 0 Å². The lowest BCUT2D eigenvalue weighted by Crippen LogP contribution is -2.49. The van der Waals surface area contributed by atoms with E-state index in [-0.39, 0.29) is 11.8 Å². The maximum absolute atomic E-state index is 13.2. The van der Waals surface area contributed by atoms with E-state index in [0.717, 1.165) is 39.0 Å². The van der Waals surface area contributed by atoms with E-state index in [9.17, 15) is 14.7 Å². The van der Waals surface area contributed by atoms with E-state index in [1.807, 2.05) is 23.1 Å². The first-order valence-corrected chi connectivity index (χ1v) is 10.7. The number of rotatable bonds is 4.